The molecule has 0 saturated carbocycles. The minimum Gasteiger partial charge on any atom is -0.497 e. The van der Waals surface area contributed by atoms with Crippen LogP contribution in [0.1, 0.15) is 5.56 Å². The Labute approximate surface area is 196 Å². The van der Waals surface area contributed by atoms with Gasteiger partial charge in [0.1, 0.15) is 11.3 Å². The topological polar surface area (TPSA) is 124 Å². The standard InChI is InChI=1S/C23H24N2O8S/c1-30-18-4-7-20-16(14-32-21(20)13-18)12-23(27)33-15-22(26)24-17-2-5-19(6-3-17)34(28,29)25-8-10-31-11-9-25/h2-7,13-14H,8-12,15H2,1H3,(H,24,26). The summed E-state index contributed by atoms with van der Waals surface area (Å²) in [7, 11) is -2.07. The van der Waals surface area contributed by atoms with E-state index in [1.54, 1.807) is 25.3 Å². The molecule has 3 aromatic rings. The Morgan fingerprint density at radius 3 is 2.53 bits per heavy atom. The molecule has 0 bridgehead atoms. The van der Waals surface area contributed by atoms with Crippen molar-refractivity contribution < 1.29 is 36.6 Å². The first-order valence-electron chi connectivity index (χ1n) is 10.5. The van der Waals surface area contributed by atoms with Crippen LogP contribution in [0.4, 0.5) is 5.69 Å². The van der Waals surface area contributed by atoms with E-state index in [4.69, 9.17) is 18.6 Å². The van der Waals surface area contributed by atoms with Gasteiger partial charge < -0.3 is 23.9 Å². The van der Waals surface area contributed by atoms with Crippen LogP contribution in [0, 0.1) is 0 Å². The predicted molar refractivity (Wildman–Crippen MR) is 122 cm³/mol. The largest absolute Gasteiger partial charge is 0.497 e. The number of methoxy groups -OCH3 is 1. The number of fused-ring (bicyclic) bond motifs is 1. The Kier molecular flexibility index (Phi) is 7.15. The van der Waals surface area contributed by atoms with E-state index in [9.17, 15) is 18.0 Å². The lowest BCUT2D eigenvalue weighted by Crippen LogP contribution is -2.40. The zero-order valence-corrected chi connectivity index (χ0v) is 19.3. The van der Waals surface area contributed by atoms with Crippen LogP contribution >= 0.6 is 0 Å². The van der Waals surface area contributed by atoms with Crippen molar-refractivity contribution in [1.82, 2.24) is 4.31 Å². The molecule has 34 heavy (non-hydrogen) atoms. The summed E-state index contributed by atoms with van der Waals surface area (Å²) in [5, 5.41) is 3.34. The molecule has 10 nitrogen and oxygen atoms in total. The lowest BCUT2D eigenvalue weighted by atomic mass is 10.1. The van der Waals surface area contributed by atoms with Crippen LogP contribution in [0.25, 0.3) is 11.0 Å². The Morgan fingerprint density at radius 2 is 1.82 bits per heavy atom. The molecule has 1 N–H and O–H groups in total. The molecule has 0 aliphatic carbocycles. The molecule has 2 heterocycles. The molecular weight excluding hydrogens is 464 g/mol. The number of carbonyl (C=O) groups excluding carboxylic acids is 2. The molecule has 0 spiro atoms. The van der Waals surface area contributed by atoms with E-state index in [0.29, 0.717) is 48.9 Å². The Bertz CT molecular complexity index is 1280. The first-order chi connectivity index (χ1) is 16.4. The van der Waals surface area contributed by atoms with E-state index < -0.39 is 28.5 Å². The molecule has 0 unspecified atom stereocenters. The van der Waals surface area contributed by atoms with E-state index >= 15 is 0 Å². The van der Waals surface area contributed by atoms with Gasteiger partial charge in [-0.3, -0.25) is 9.59 Å². The number of rotatable bonds is 8. The molecular formula is C23H24N2O8S. The molecule has 1 aromatic heterocycles. The number of sulfonamides is 1. The van der Waals surface area contributed by atoms with Gasteiger partial charge in [-0.15, -0.1) is 0 Å². The van der Waals surface area contributed by atoms with Gasteiger partial charge in [0.15, 0.2) is 6.61 Å². The number of benzene rings is 2. The van der Waals surface area contributed by atoms with Crippen LogP contribution in [-0.2, 0) is 35.5 Å². The predicted octanol–water partition coefficient (Wildman–Crippen LogP) is 2.19. The van der Waals surface area contributed by atoms with Gasteiger partial charge >= 0.3 is 5.97 Å². The van der Waals surface area contributed by atoms with Gasteiger partial charge in [-0.1, -0.05) is 0 Å². The van der Waals surface area contributed by atoms with Crippen LogP contribution in [0.15, 0.2) is 58.0 Å². The third-order valence-electron chi connectivity index (χ3n) is 5.31. The molecule has 180 valence electrons. The van der Waals surface area contributed by atoms with Crippen molar-refractivity contribution in [1.29, 1.82) is 0 Å². The molecule has 2 aromatic carbocycles. The summed E-state index contributed by atoms with van der Waals surface area (Å²) in [4.78, 5) is 24.5. The molecule has 1 fully saturated rings. The van der Waals surface area contributed by atoms with Gasteiger partial charge in [0.05, 0.1) is 37.9 Å². The van der Waals surface area contributed by atoms with Crippen molar-refractivity contribution in [2.75, 3.05) is 45.3 Å². The number of amides is 1. The minimum atomic E-state index is -3.62. The van der Waals surface area contributed by atoms with Crippen molar-refractivity contribution in [3.05, 3.63) is 54.3 Å². The molecule has 1 amide bonds. The molecule has 4 rings (SSSR count). The van der Waals surface area contributed by atoms with Crippen molar-refractivity contribution in [2.45, 2.75) is 11.3 Å². The Morgan fingerprint density at radius 1 is 1.09 bits per heavy atom. The van der Waals surface area contributed by atoms with E-state index in [1.165, 1.54) is 34.8 Å². The molecule has 1 saturated heterocycles. The van der Waals surface area contributed by atoms with Crippen molar-refractivity contribution in [3.63, 3.8) is 0 Å². The lowest BCUT2D eigenvalue weighted by molar-refractivity contribution is -0.146. The van der Waals surface area contributed by atoms with E-state index in [0.717, 1.165) is 5.39 Å². The van der Waals surface area contributed by atoms with Gasteiger partial charge in [0.2, 0.25) is 10.0 Å². The van der Waals surface area contributed by atoms with Gasteiger partial charge in [-0.2, -0.15) is 4.31 Å². The number of morpholine rings is 1. The maximum Gasteiger partial charge on any atom is 0.310 e. The zero-order chi connectivity index (χ0) is 24.1. The highest BCUT2D eigenvalue weighted by Crippen LogP contribution is 2.26. The van der Waals surface area contributed by atoms with Gasteiger partial charge in [0.25, 0.3) is 5.91 Å². The summed E-state index contributed by atoms with van der Waals surface area (Å²) in [6.45, 7) is 0.843. The number of hydrogen-bond acceptors (Lipinski definition) is 8. The van der Waals surface area contributed by atoms with Crippen LogP contribution in [0.2, 0.25) is 0 Å². The fraction of sp³-hybridized carbons (Fsp3) is 0.304. The average molecular weight is 489 g/mol. The number of anilines is 1. The fourth-order valence-corrected chi connectivity index (χ4v) is 4.93. The fourth-order valence-electron chi connectivity index (χ4n) is 3.52. The maximum absolute atomic E-state index is 12.7. The number of hydrogen-bond donors (Lipinski definition) is 1. The van der Waals surface area contributed by atoms with E-state index in [2.05, 4.69) is 5.32 Å². The maximum atomic E-state index is 12.7. The average Bonchev–Trinajstić information content (AvgIpc) is 3.25. The third-order valence-corrected chi connectivity index (χ3v) is 7.22. The number of nitrogens with zero attached hydrogens (tertiary/aromatic N) is 1. The highest BCUT2D eigenvalue weighted by molar-refractivity contribution is 7.89. The smallest absolute Gasteiger partial charge is 0.310 e. The van der Waals surface area contributed by atoms with E-state index in [1.807, 2.05) is 0 Å². The summed E-state index contributed by atoms with van der Waals surface area (Å²) >= 11 is 0. The number of nitrogens with one attached hydrogen (secondary N) is 1. The van der Waals surface area contributed by atoms with Crippen molar-refractivity contribution in [2.24, 2.45) is 0 Å². The summed E-state index contributed by atoms with van der Waals surface area (Å²) < 4.78 is 47.5. The summed E-state index contributed by atoms with van der Waals surface area (Å²) in [6, 6.07) is 11.1. The summed E-state index contributed by atoms with van der Waals surface area (Å²) in [5.41, 5.74) is 1.61. The van der Waals surface area contributed by atoms with Crippen molar-refractivity contribution >= 4 is 38.6 Å². The summed E-state index contributed by atoms with van der Waals surface area (Å²) in [6.07, 6.45) is 1.42. The summed E-state index contributed by atoms with van der Waals surface area (Å²) in [5.74, 6) is -0.487. The second-order valence-corrected chi connectivity index (χ2v) is 9.49. The first-order valence-corrected chi connectivity index (χ1v) is 12.0. The number of furan rings is 1. The van der Waals surface area contributed by atoms with Crippen LogP contribution in [0.5, 0.6) is 5.75 Å². The van der Waals surface area contributed by atoms with Gasteiger partial charge in [0, 0.05) is 35.8 Å². The third kappa shape index (κ3) is 5.38. The molecule has 0 radical (unpaired) electrons. The highest BCUT2D eigenvalue weighted by atomic mass is 32.2. The lowest BCUT2D eigenvalue weighted by Gasteiger charge is -2.26. The van der Waals surface area contributed by atoms with Gasteiger partial charge in [-0.25, -0.2) is 8.42 Å². The second kappa shape index (κ2) is 10.2. The first kappa shape index (κ1) is 23.7. The van der Waals surface area contributed by atoms with Crippen molar-refractivity contribution in [3.8, 4) is 5.75 Å². The van der Waals surface area contributed by atoms with Crippen LogP contribution in [-0.4, -0.2) is 64.6 Å². The molecule has 0 atom stereocenters. The zero-order valence-electron chi connectivity index (χ0n) is 18.5. The quantitative estimate of drug-likeness (QED) is 0.479. The highest BCUT2D eigenvalue weighted by Gasteiger charge is 2.26. The number of carbonyl (C=O) groups is 2. The molecule has 1 aliphatic heterocycles. The molecule has 1 aliphatic rings. The number of esters is 1. The minimum absolute atomic E-state index is 0.0549. The second-order valence-electron chi connectivity index (χ2n) is 7.55. The SMILES string of the molecule is COc1ccc2c(CC(=O)OCC(=O)Nc3ccc(S(=O)(=O)N4CCOCC4)cc3)coc2c1. The Hall–Kier alpha value is -3.41. The monoisotopic (exact) mass is 488 g/mol. The van der Waals surface area contributed by atoms with Crippen LogP contribution < -0.4 is 10.1 Å². The van der Waals surface area contributed by atoms with E-state index in [-0.39, 0.29) is 11.3 Å². The van der Waals surface area contributed by atoms with Gasteiger partial charge in [-0.05, 0) is 36.4 Å². The number of ether oxygens (including phenoxy) is 3. The normalized spacial score (nSPS) is 14.6. The molecule has 11 heteroatoms. The van der Waals surface area contributed by atoms with Crippen LogP contribution in [0.3, 0.4) is 0 Å². The Balaban J connectivity index is 1.29.